The number of rotatable bonds is 2. The van der Waals surface area contributed by atoms with Crippen molar-refractivity contribution >= 4 is 16.9 Å². The maximum absolute atomic E-state index is 13.1. The average molecular weight is 284 g/mol. The van der Waals surface area contributed by atoms with Gasteiger partial charge in [-0.25, -0.2) is 8.78 Å². The van der Waals surface area contributed by atoms with Crippen LogP contribution in [-0.2, 0) is 4.79 Å². The van der Waals surface area contributed by atoms with Crippen LogP contribution in [0.25, 0.3) is 11.1 Å². The van der Waals surface area contributed by atoms with Crippen molar-refractivity contribution in [2.45, 2.75) is 19.3 Å². The Labute approximate surface area is 121 Å². The van der Waals surface area contributed by atoms with E-state index in [1.54, 1.807) is 24.3 Å². The van der Waals surface area contributed by atoms with Crippen LogP contribution in [0.5, 0.6) is 0 Å². The average Bonchev–Trinajstić information content (AvgIpc) is 2.49. The summed E-state index contributed by atoms with van der Waals surface area (Å²) in [5.74, 6) is -0.567. The predicted octanol–water partition coefficient (Wildman–Crippen LogP) is 4.63. The number of hydrogen-bond acceptors (Lipinski definition) is 1. The molecular weight excluding hydrogens is 270 g/mol. The highest BCUT2D eigenvalue weighted by Gasteiger charge is 2.22. The standard InChI is InChI=1S/C18H14F2O/c19-14-8-4-12(5-9-14)16-2-1-3-17(21)18(16)13-6-10-15(20)11-7-13/h4-11H,1-3H2. The highest BCUT2D eigenvalue weighted by atomic mass is 19.1. The van der Waals surface area contributed by atoms with Gasteiger partial charge in [-0.2, -0.15) is 0 Å². The predicted molar refractivity (Wildman–Crippen MR) is 78.5 cm³/mol. The van der Waals surface area contributed by atoms with Crippen LogP contribution in [0.1, 0.15) is 30.4 Å². The van der Waals surface area contributed by atoms with Crippen LogP contribution in [0.15, 0.2) is 48.5 Å². The normalized spacial score (nSPS) is 15.4. The van der Waals surface area contributed by atoms with Crippen molar-refractivity contribution in [2.24, 2.45) is 0 Å². The molecule has 0 aromatic heterocycles. The first-order valence-electron chi connectivity index (χ1n) is 6.93. The van der Waals surface area contributed by atoms with Gasteiger partial charge in [0.1, 0.15) is 11.6 Å². The molecule has 2 aromatic carbocycles. The lowest BCUT2D eigenvalue weighted by Crippen LogP contribution is -2.10. The zero-order valence-corrected chi connectivity index (χ0v) is 11.4. The molecule has 0 saturated carbocycles. The van der Waals surface area contributed by atoms with Gasteiger partial charge in [0.25, 0.3) is 0 Å². The van der Waals surface area contributed by atoms with Gasteiger partial charge >= 0.3 is 0 Å². The maximum atomic E-state index is 13.1. The molecule has 0 amide bonds. The first-order chi connectivity index (χ1) is 10.1. The highest BCUT2D eigenvalue weighted by molar-refractivity contribution is 6.28. The minimum atomic E-state index is -0.328. The second kappa shape index (κ2) is 5.60. The van der Waals surface area contributed by atoms with Crippen LogP contribution in [0.4, 0.5) is 8.78 Å². The minimum absolute atomic E-state index is 0.0622. The molecule has 21 heavy (non-hydrogen) atoms. The summed E-state index contributed by atoms with van der Waals surface area (Å²) in [5.41, 5.74) is 3.12. The summed E-state index contributed by atoms with van der Waals surface area (Å²) in [5, 5.41) is 0. The van der Waals surface area contributed by atoms with Crippen molar-refractivity contribution in [3.63, 3.8) is 0 Å². The highest BCUT2D eigenvalue weighted by Crippen LogP contribution is 2.36. The van der Waals surface area contributed by atoms with Crippen molar-refractivity contribution in [3.8, 4) is 0 Å². The third-order valence-corrected chi connectivity index (χ3v) is 3.74. The molecule has 0 saturated heterocycles. The van der Waals surface area contributed by atoms with Crippen LogP contribution in [-0.4, -0.2) is 5.78 Å². The number of carbonyl (C=O) groups excluding carboxylic acids is 1. The molecule has 3 rings (SSSR count). The van der Waals surface area contributed by atoms with Crippen LogP contribution in [0.2, 0.25) is 0 Å². The Balaban J connectivity index is 2.15. The molecule has 0 fully saturated rings. The zero-order valence-electron chi connectivity index (χ0n) is 11.4. The number of carbonyl (C=O) groups is 1. The first-order valence-corrected chi connectivity index (χ1v) is 6.93. The van der Waals surface area contributed by atoms with Gasteiger partial charge in [0.2, 0.25) is 0 Å². The number of hydrogen-bond donors (Lipinski definition) is 0. The summed E-state index contributed by atoms with van der Waals surface area (Å²) in [6.07, 6.45) is 2.05. The summed E-state index contributed by atoms with van der Waals surface area (Å²) < 4.78 is 26.1. The summed E-state index contributed by atoms with van der Waals surface area (Å²) >= 11 is 0. The van der Waals surface area contributed by atoms with E-state index in [0.29, 0.717) is 12.0 Å². The molecule has 1 aliphatic rings. The fraction of sp³-hybridized carbons (Fsp3) is 0.167. The van der Waals surface area contributed by atoms with Crippen molar-refractivity contribution < 1.29 is 13.6 Å². The lowest BCUT2D eigenvalue weighted by Gasteiger charge is -2.20. The number of halogens is 2. The molecule has 0 radical (unpaired) electrons. The Bertz CT molecular complexity index is 697. The van der Waals surface area contributed by atoms with Crippen molar-refractivity contribution in [3.05, 3.63) is 71.3 Å². The largest absolute Gasteiger partial charge is 0.294 e. The van der Waals surface area contributed by atoms with Gasteiger partial charge in [-0.3, -0.25) is 4.79 Å². The van der Waals surface area contributed by atoms with Crippen molar-refractivity contribution in [1.29, 1.82) is 0 Å². The van der Waals surface area contributed by atoms with E-state index in [-0.39, 0.29) is 17.4 Å². The van der Waals surface area contributed by atoms with E-state index in [1.165, 1.54) is 24.3 Å². The SMILES string of the molecule is O=C1CCCC(c2ccc(F)cc2)=C1c1ccc(F)cc1. The fourth-order valence-electron chi connectivity index (χ4n) is 2.74. The van der Waals surface area contributed by atoms with E-state index >= 15 is 0 Å². The monoisotopic (exact) mass is 284 g/mol. The minimum Gasteiger partial charge on any atom is -0.294 e. The van der Waals surface area contributed by atoms with Gasteiger partial charge in [-0.15, -0.1) is 0 Å². The van der Waals surface area contributed by atoms with Gasteiger partial charge in [-0.1, -0.05) is 24.3 Å². The van der Waals surface area contributed by atoms with Gasteiger partial charge in [0, 0.05) is 12.0 Å². The van der Waals surface area contributed by atoms with E-state index in [0.717, 1.165) is 29.5 Å². The number of allylic oxidation sites excluding steroid dienone is 2. The van der Waals surface area contributed by atoms with Gasteiger partial charge in [0.05, 0.1) is 0 Å². The van der Waals surface area contributed by atoms with Crippen LogP contribution in [0, 0.1) is 11.6 Å². The number of Topliss-reactive ketones (excluding diaryl/α,β-unsaturated/α-hetero) is 1. The van der Waals surface area contributed by atoms with E-state index in [4.69, 9.17) is 0 Å². The lowest BCUT2D eigenvalue weighted by atomic mass is 9.83. The quantitative estimate of drug-likeness (QED) is 0.786. The molecule has 0 N–H and O–H groups in total. The van der Waals surface area contributed by atoms with Crippen molar-refractivity contribution in [1.82, 2.24) is 0 Å². The molecule has 0 aliphatic heterocycles. The third kappa shape index (κ3) is 2.77. The lowest BCUT2D eigenvalue weighted by molar-refractivity contribution is -0.114. The van der Waals surface area contributed by atoms with Gasteiger partial charge < -0.3 is 0 Å². The Morgan fingerprint density at radius 2 is 1.24 bits per heavy atom. The summed E-state index contributed by atoms with van der Waals surface area (Å²) in [4.78, 5) is 12.3. The molecule has 0 heterocycles. The molecule has 106 valence electrons. The van der Waals surface area contributed by atoms with Crippen LogP contribution >= 0.6 is 0 Å². The molecule has 3 heteroatoms. The third-order valence-electron chi connectivity index (χ3n) is 3.74. The molecule has 0 unspecified atom stereocenters. The Morgan fingerprint density at radius 3 is 1.81 bits per heavy atom. The second-order valence-electron chi connectivity index (χ2n) is 5.14. The van der Waals surface area contributed by atoms with Crippen molar-refractivity contribution in [2.75, 3.05) is 0 Å². The van der Waals surface area contributed by atoms with Crippen LogP contribution < -0.4 is 0 Å². The molecule has 1 aliphatic carbocycles. The first kappa shape index (κ1) is 13.7. The molecule has 0 spiro atoms. The second-order valence-corrected chi connectivity index (χ2v) is 5.14. The number of ketones is 1. The molecule has 0 bridgehead atoms. The smallest absolute Gasteiger partial charge is 0.163 e. The molecular formula is C18H14F2O. The maximum Gasteiger partial charge on any atom is 0.163 e. The fourth-order valence-corrected chi connectivity index (χ4v) is 2.74. The Morgan fingerprint density at radius 1 is 0.714 bits per heavy atom. The van der Waals surface area contributed by atoms with Crippen LogP contribution in [0.3, 0.4) is 0 Å². The van der Waals surface area contributed by atoms with Gasteiger partial charge in [0.15, 0.2) is 5.78 Å². The molecule has 2 aromatic rings. The Hall–Kier alpha value is -2.29. The summed E-state index contributed by atoms with van der Waals surface area (Å²) in [6, 6.07) is 12.1. The van der Waals surface area contributed by atoms with Gasteiger partial charge in [-0.05, 0) is 53.8 Å². The van der Waals surface area contributed by atoms with E-state index in [1.807, 2.05) is 0 Å². The summed E-state index contributed by atoms with van der Waals surface area (Å²) in [7, 11) is 0. The van der Waals surface area contributed by atoms with E-state index in [9.17, 15) is 13.6 Å². The Kier molecular flexibility index (Phi) is 3.65. The topological polar surface area (TPSA) is 17.1 Å². The number of benzene rings is 2. The van der Waals surface area contributed by atoms with E-state index < -0.39 is 0 Å². The van der Waals surface area contributed by atoms with E-state index in [2.05, 4.69) is 0 Å². The molecule has 1 nitrogen and oxygen atoms in total. The summed E-state index contributed by atoms with van der Waals surface area (Å²) in [6.45, 7) is 0. The zero-order chi connectivity index (χ0) is 14.8. The molecule has 0 atom stereocenters.